The van der Waals surface area contributed by atoms with E-state index in [0.717, 1.165) is 6.07 Å². The van der Waals surface area contributed by atoms with E-state index >= 15 is 0 Å². The van der Waals surface area contributed by atoms with E-state index in [-0.39, 0.29) is 28.3 Å². The third kappa shape index (κ3) is 4.79. The zero-order valence-corrected chi connectivity index (χ0v) is 14.9. The highest BCUT2D eigenvalue weighted by atomic mass is 79.9. The van der Waals surface area contributed by atoms with E-state index in [9.17, 15) is 13.2 Å². The number of nitrogens with one attached hydrogen (secondary N) is 1. The van der Waals surface area contributed by atoms with Gasteiger partial charge in [-0.05, 0) is 45.5 Å². The summed E-state index contributed by atoms with van der Waals surface area (Å²) < 4.78 is 27.5. The quantitative estimate of drug-likeness (QED) is 0.825. The van der Waals surface area contributed by atoms with Crippen LogP contribution in [-0.2, 0) is 10.0 Å². The van der Waals surface area contributed by atoms with Gasteiger partial charge in [0.1, 0.15) is 0 Å². The maximum absolute atomic E-state index is 12.3. The molecule has 0 bridgehead atoms. The van der Waals surface area contributed by atoms with Gasteiger partial charge in [0.05, 0.1) is 10.5 Å². The normalized spacial score (nSPS) is 14.0. The molecule has 5 nitrogen and oxygen atoms in total. The molecule has 0 spiro atoms. The van der Waals surface area contributed by atoms with Crippen molar-refractivity contribution in [1.82, 2.24) is 4.72 Å². The van der Waals surface area contributed by atoms with Crippen LogP contribution in [0.3, 0.4) is 0 Å². The lowest BCUT2D eigenvalue weighted by Crippen LogP contribution is -2.33. The van der Waals surface area contributed by atoms with Gasteiger partial charge in [0.2, 0.25) is 10.0 Å². The second-order valence-electron chi connectivity index (χ2n) is 6.07. The number of hydrogen-bond donors (Lipinski definition) is 2. The fourth-order valence-corrected chi connectivity index (χ4v) is 3.58. The van der Waals surface area contributed by atoms with Gasteiger partial charge in [-0.1, -0.05) is 27.7 Å². The van der Waals surface area contributed by atoms with Gasteiger partial charge in [0.15, 0.2) is 0 Å². The molecule has 2 N–H and O–H groups in total. The molecule has 0 saturated carbocycles. The summed E-state index contributed by atoms with van der Waals surface area (Å²) in [4.78, 5) is 10.9. The van der Waals surface area contributed by atoms with Gasteiger partial charge in [-0.3, -0.25) is 0 Å². The van der Waals surface area contributed by atoms with Gasteiger partial charge in [0, 0.05) is 11.0 Å². The van der Waals surface area contributed by atoms with Crippen LogP contribution in [0.25, 0.3) is 0 Å². The van der Waals surface area contributed by atoms with E-state index < -0.39 is 16.0 Å². The molecule has 0 amide bonds. The largest absolute Gasteiger partial charge is 0.478 e. The van der Waals surface area contributed by atoms with Gasteiger partial charge >= 0.3 is 5.97 Å². The van der Waals surface area contributed by atoms with Crippen molar-refractivity contribution in [3.05, 3.63) is 28.2 Å². The highest BCUT2D eigenvalue weighted by Gasteiger charge is 2.24. The van der Waals surface area contributed by atoms with Gasteiger partial charge in [-0.25, -0.2) is 17.9 Å². The smallest absolute Gasteiger partial charge is 0.335 e. The van der Waals surface area contributed by atoms with Crippen molar-refractivity contribution in [2.45, 2.75) is 32.6 Å². The summed E-state index contributed by atoms with van der Waals surface area (Å²) in [5, 5.41) is 8.96. The maximum Gasteiger partial charge on any atom is 0.335 e. The predicted octanol–water partition coefficient (Wildman–Crippen LogP) is 3.11. The van der Waals surface area contributed by atoms with Crippen LogP contribution in [0.4, 0.5) is 0 Å². The lowest BCUT2D eigenvalue weighted by Gasteiger charge is -2.27. The Hall–Kier alpha value is -0.920. The fourth-order valence-electron chi connectivity index (χ4n) is 1.46. The number of carboxylic acids is 1. The van der Waals surface area contributed by atoms with Crippen LogP contribution in [0.5, 0.6) is 0 Å². The number of sulfonamides is 1. The van der Waals surface area contributed by atoms with Crippen LogP contribution in [0.15, 0.2) is 27.6 Å². The van der Waals surface area contributed by atoms with Gasteiger partial charge in [0.25, 0.3) is 0 Å². The first-order valence-corrected chi connectivity index (χ1v) is 8.75. The van der Waals surface area contributed by atoms with Crippen LogP contribution in [0.2, 0.25) is 0 Å². The van der Waals surface area contributed by atoms with Crippen molar-refractivity contribution < 1.29 is 18.3 Å². The molecule has 118 valence electrons. The summed E-state index contributed by atoms with van der Waals surface area (Å²) in [7, 11) is -3.76. The first-order chi connectivity index (χ1) is 9.45. The summed E-state index contributed by atoms with van der Waals surface area (Å²) in [5.74, 6) is -1.03. The van der Waals surface area contributed by atoms with Crippen LogP contribution in [-0.4, -0.2) is 26.0 Å². The molecule has 1 unspecified atom stereocenters. The summed E-state index contributed by atoms with van der Waals surface area (Å²) in [6.07, 6.45) is 0. The minimum atomic E-state index is -3.76. The standard InChI is InChI=1S/C14H20BrNO4S/c1-9(14(2,3)4)8-16-21(19,20)12-7-10(13(17)18)5-6-11(12)15/h5-7,9,16H,8H2,1-4H3,(H,17,18). The number of benzene rings is 1. The van der Waals surface area contributed by atoms with Crippen molar-refractivity contribution in [2.75, 3.05) is 6.54 Å². The molecule has 1 aromatic rings. The van der Waals surface area contributed by atoms with Crippen LogP contribution in [0, 0.1) is 11.3 Å². The van der Waals surface area contributed by atoms with E-state index in [0.29, 0.717) is 4.47 Å². The highest BCUT2D eigenvalue weighted by Crippen LogP contribution is 2.26. The number of halogens is 1. The summed E-state index contributed by atoms with van der Waals surface area (Å²) in [6, 6.07) is 3.92. The lowest BCUT2D eigenvalue weighted by molar-refractivity contribution is 0.0696. The molecular weight excluding hydrogens is 358 g/mol. The Kier molecular flexibility index (Phi) is 5.57. The molecule has 21 heavy (non-hydrogen) atoms. The van der Waals surface area contributed by atoms with Gasteiger partial charge < -0.3 is 5.11 Å². The minimum absolute atomic E-state index is 0.0251. The Balaban J connectivity index is 3.03. The Morgan fingerprint density at radius 3 is 2.43 bits per heavy atom. The number of carboxylic acid groups (broad SMARTS) is 1. The first kappa shape index (κ1) is 18.1. The Labute approximate surface area is 133 Å². The maximum atomic E-state index is 12.3. The van der Waals surface area contributed by atoms with Crippen molar-refractivity contribution in [1.29, 1.82) is 0 Å². The molecule has 0 aromatic heterocycles. The van der Waals surface area contributed by atoms with E-state index in [1.807, 2.05) is 27.7 Å². The average molecular weight is 378 g/mol. The highest BCUT2D eigenvalue weighted by molar-refractivity contribution is 9.10. The van der Waals surface area contributed by atoms with E-state index in [4.69, 9.17) is 5.11 Å². The minimum Gasteiger partial charge on any atom is -0.478 e. The Morgan fingerprint density at radius 1 is 1.38 bits per heavy atom. The SMILES string of the molecule is CC(CNS(=O)(=O)c1cc(C(=O)O)ccc1Br)C(C)(C)C. The van der Waals surface area contributed by atoms with Gasteiger partial charge in [-0.2, -0.15) is 0 Å². The Morgan fingerprint density at radius 2 is 1.95 bits per heavy atom. The molecule has 0 aliphatic rings. The van der Waals surface area contributed by atoms with E-state index in [2.05, 4.69) is 20.7 Å². The molecule has 1 rings (SSSR count). The molecule has 0 heterocycles. The zero-order chi connectivity index (χ0) is 16.4. The summed E-state index contributed by atoms with van der Waals surface area (Å²) >= 11 is 3.15. The first-order valence-electron chi connectivity index (χ1n) is 6.47. The summed E-state index contributed by atoms with van der Waals surface area (Å²) in [5.41, 5.74) is -0.0923. The van der Waals surface area contributed by atoms with Crippen LogP contribution in [0.1, 0.15) is 38.1 Å². The molecule has 0 radical (unpaired) electrons. The molecule has 1 aromatic carbocycles. The van der Waals surface area contributed by atoms with Gasteiger partial charge in [-0.15, -0.1) is 0 Å². The molecule has 1 atom stereocenters. The summed E-state index contributed by atoms with van der Waals surface area (Å²) in [6.45, 7) is 8.35. The van der Waals surface area contributed by atoms with Crippen molar-refractivity contribution in [2.24, 2.45) is 11.3 Å². The Bertz CT molecular complexity index is 635. The third-order valence-corrected chi connectivity index (χ3v) is 5.94. The predicted molar refractivity (Wildman–Crippen MR) is 84.9 cm³/mol. The lowest BCUT2D eigenvalue weighted by atomic mass is 9.82. The number of hydrogen-bond acceptors (Lipinski definition) is 3. The van der Waals surface area contributed by atoms with E-state index in [1.165, 1.54) is 12.1 Å². The van der Waals surface area contributed by atoms with Crippen molar-refractivity contribution >= 4 is 31.9 Å². The van der Waals surface area contributed by atoms with Crippen LogP contribution >= 0.6 is 15.9 Å². The number of aromatic carboxylic acids is 1. The third-order valence-electron chi connectivity index (χ3n) is 3.53. The number of rotatable bonds is 5. The molecular formula is C14H20BrNO4S. The van der Waals surface area contributed by atoms with E-state index in [1.54, 1.807) is 0 Å². The zero-order valence-electron chi connectivity index (χ0n) is 12.5. The average Bonchev–Trinajstić information content (AvgIpc) is 2.34. The monoisotopic (exact) mass is 377 g/mol. The van der Waals surface area contributed by atoms with Crippen LogP contribution < -0.4 is 4.72 Å². The fraction of sp³-hybridized carbons (Fsp3) is 0.500. The molecule has 0 aliphatic carbocycles. The second kappa shape index (κ2) is 6.46. The number of carbonyl (C=O) groups is 1. The van der Waals surface area contributed by atoms with Crippen molar-refractivity contribution in [3.8, 4) is 0 Å². The second-order valence-corrected chi connectivity index (χ2v) is 8.66. The molecule has 7 heteroatoms. The van der Waals surface area contributed by atoms with Crippen molar-refractivity contribution in [3.63, 3.8) is 0 Å². The molecule has 0 aliphatic heterocycles. The molecule has 0 fully saturated rings. The topological polar surface area (TPSA) is 83.5 Å². The molecule has 0 saturated heterocycles.